The quantitative estimate of drug-likeness (QED) is 0.780. The molecule has 0 radical (unpaired) electrons. The molecule has 1 aromatic carbocycles. The summed E-state index contributed by atoms with van der Waals surface area (Å²) in [7, 11) is 1.39. The van der Waals surface area contributed by atoms with Gasteiger partial charge in [-0.3, -0.25) is 9.78 Å². The Morgan fingerprint density at radius 3 is 2.59 bits per heavy atom. The first kappa shape index (κ1) is 16.1. The van der Waals surface area contributed by atoms with E-state index in [1.54, 1.807) is 6.92 Å². The fraction of sp³-hybridized carbons (Fsp3) is 0.312. The van der Waals surface area contributed by atoms with Gasteiger partial charge in [0, 0.05) is 13.3 Å². The van der Waals surface area contributed by atoms with E-state index in [0.717, 1.165) is 11.3 Å². The number of methoxy groups -OCH3 is 1. The van der Waals surface area contributed by atoms with Gasteiger partial charge in [0.05, 0.1) is 17.9 Å². The summed E-state index contributed by atoms with van der Waals surface area (Å²) in [4.78, 5) is 20.3. The molecule has 0 saturated heterocycles. The number of aliphatic hydroxyl groups excluding tert-OH is 1. The highest BCUT2D eigenvalue weighted by atomic mass is 16.6. The van der Waals surface area contributed by atoms with E-state index in [0.29, 0.717) is 6.42 Å². The number of ether oxygens (including phenoxy) is 1. The monoisotopic (exact) mass is 301 g/mol. The fourth-order valence-corrected chi connectivity index (χ4v) is 2.01. The Balaban J connectivity index is 2.09. The van der Waals surface area contributed by atoms with Crippen LogP contribution >= 0.6 is 0 Å². The van der Waals surface area contributed by atoms with Crippen LogP contribution in [-0.4, -0.2) is 40.4 Å². The van der Waals surface area contributed by atoms with Gasteiger partial charge in [-0.1, -0.05) is 30.3 Å². The molecular formula is C16H19N3O3. The molecule has 1 aromatic heterocycles. The van der Waals surface area contributed by atoms with Crippen LogP contribution in [0.1, 0.15) is 21.7 Å². The van der Waals surface area contributed by atoms with Gasteiger partial charge >= 0.3 is 0 Å². The van der Waals surface area contributed by atoms with Crippen molar-refractivity contribution in [1.29, 1.82) is 0 Å². The highest BCUT2D eigenvalue weighted by Gasteiger charge is 2.22. The molecule has 0 saturated carbocycles. The SMILES string of the molecule is COC(O)[C@H](Cc1ccccc1)NC(=O)c1cnc(C)cn1. The van der Waals surface area contributed by atoms with Crippen LogP contribution < -0.4 is 5.32 Å². The van der Waals surface area contributed by atoms with Crippen molar-refractivity contribution >= 4 is 5.91 Å². The third-order valence-electron chi connectivity index (χ3n) is 3.21. The number of aryl methyl sites for hydroxylation is 1. The molecule has 1 heterocycles. The van der Waals surface area contributed by atoms with Crippen LogP contribution in [0.25, 0.3) is 0 Å². The zero-order valence-electron chi connectivity index (χ0n) is 12.6. The summed E-state index contributed by atoms with van der Waals surface area (Å²) in [6.45, 7) is 1.79. The number of hydrogen-bond donors (Lipinski definition) is 2. The van der Waals surface area contributed by atoms with Gasteiger partial charge < -0.3 is 15.2 Å². The van der Waals surface area contributed by atoms with Crippen LogP contribution in [0.15, 0.2) is 42.7 Å². The number of rotatable bonds is 6. The Hall–Kier alpha value is -2.31. The van der Waals surface area contributed by atoms with Gasteiger partial charge in [0.2, 0.25) is 0 Å². The highest BCUT2D eigenvalue weighted by Crippen LogP contribution is 2.08. The number of nitrogens with one attached hydrogen (secondary N) is 1. The molecule has 6 nitrogen and oxygen atoms in total. The number of nitrogens with zero attached hydrogens (tertiary/aromatic N) is 2. The van der Waals surface area contributed by atoms with Crippen molar-refractivity contribution in [3.8, 4) is 0 Å². The maximum atomic E-state index is 12.2. The lowest BCUT2D eigenvalue weighted by Gasteiger charge is -2.23. The second kappa shape index (κ2) is 7.63. The van der Waals surface area contributed by atoms with Crippen LogP contribution in [0.4, 0.5) is 0 Å². The number of aliphatic hydroxyl groups is 1. The van der Waals surface area contributed by atoms with Crippen molar-refractivity contribution in [2.45, 2.75) is 25.7 Å². The summed E-state index contributed by atoms with van der Waals surface area (Å²) in [6.07, 6.45) is 2.26. The normalized spacial score (nSPS) is 13.4. The van der Waals surface area contributed by atoms with Gasteiger partial charge in [-0.05, 0) is 18.9 Å². The van der Waals surface area contributed by atoms with E-state index in [4.69, 9.17) is 4.74 Å². The molecule has 2 rings (SSSR count). The van der Waals surface area contributed by atoms with E-state index in [1.165, 1.54) is 19.5 Å². The smallest absolute Gasteiger partial charge is 0.271 e. The molecule has 6 heteroatoms. The number of aromatic nitrogens is 2. The molecule has 0 aliphatic rings. The lowest BCUT2D eigenvalue weighted by atomic mass is 10.1. The topological polar surface area (TPSA) is 84.3 Å². The van der Waals surface area contributed by atoms with E-state index in [2.05, 4.69) is 15.3 Å². The summed E-state index contributed by atoms with van der Waals surface area (Å²) in [5, 5.41) is 12.7. The first-order valence-corrected chi connectivity index (χ1v) is 6.94. The second-order valence-electron chi connectivity index (χ2n) is 4.94. The molecule has 2 aromatic rings. The zero-order valence-corrected chi connectivity index (χ0v) is 12.6. The lowest BCUT2D eigenvalue weighted by molar-refractivity contribution is -0.0947. The molecule has 0 spiro atoms. The molecule has 116 valence electrons. The second-order valence-corrected chi connectivity index (χ2v) is 4.94. The van der Waals surface area contributed by atoms with Crippen LogP contribution in [0.5, 0.6) is 0 Å². The first-order chi connectivity index (χ1) is 10.6. The number of hydrogen-bond acceptors (Lipinski definition) is 5. The van der Waals surface area contributed by atoms with E-state index in [-0.39, 0.29) is 5.69 Å². The van der Waals surface area contributed by atoms with Crippen LogP contribution in [0, 0.1) is 6.92 Å². The van der Waals surface area contributed by atoms with Crippen molar-refractivity contribution in [3.63, 3.8) is 0 Å². The molecular weight excluding hydrogens is 282 g/mol. The van der Waals surface area contributed by atoms with Gasteiger partial charge in [0.15, 0.2) is 6.29 Å². The van der Waals surface area contributed by atoms with Crippen molar-refractivity contribution < 1.29 is 14.6 Å². The predicted molar refractivity (Wildman–Crippen MR) is 81.2 cm³/mol. The van der Waals surface area contributed by atoms with Crippen LogP contribution in [0.3, 0.4) is 0 Å². The molecule has 1 unspecified atom stereocenters. The average Bonchev–Trinajstić information content (AvgIpc) is 2.55. The Morgan fingerprint density at radius 1 is 1.27 bits per heavy atom. The minimum Gasteiger partial charge on any atom is -0.366 e. The average molecular weight is 301 g/mol. The maximum absolute atomic E-state index is 12.2. The van der Waals surface area contributed by atoms with E-state index < -0.39 is 18.2 Å². The standard InChI is InChI=1S/C16H19N3O3/c1-11-9-18-14(10-17-11)15(20)19-13(16(21)22-2)8-12-6-4-3-5-7-12/h3-7,9-10,13,16,21H,8H2,1-2H3,(H,19,20)/t13-,16?/m0/s1. The summed E-state index contributed by atoms with van der Waals surface area (Å²) in [5.74, 6) is -0.399. The largest absolute Gasteiger partial charge is 0.366 e. The Bertz CT molecular complexity index is 602. The zero-order chi connectivity index (χ0) is 15.9. The number of amides is 1. The molecule has 22 heavy (non-hydrogen) atoms. The van der Waals surface area contributed by atoms with Gasteiger partial charge in [-0.2, -0.15) is 0 Å². The van der Waals surface area contributed by atoms with Crippen molar-refractivity contribution in [2.75, 3.05) is 7.11 Å². The number of carbonyl (C=O) groups is 1. The third-order valence-corrected chi connectivity index (χ3v) is 3.21. The number of benzene rings is 1. The molecule has 0 aliphatic carbocycles. The molecule has 2 atom stereocenters. The van der Waals surface area contributed by atoms with E-state index in [9.17, 15) is 9.90 Å². The Kier molecular flexibility index (Phi) is 5.57. The molecule has 0 fully saturated rings. The Morgan fingerprint density at radius 2 is 2.00 bits per heavy atom. The van der Waals surface area contributed by atoms with Crippen molar-refractivity contribution in [2.24, 2.45) is 0 Å². The van der Waals surface area contributed by atoms with Gasteiger partial charge in [0.1, 0.15) is 5.69 Å². The molecule has 2 N–H and O–H groups in total. The minimum atomic E-state index is -1.11. The van der Waals surface area contributed by atoms with Gasteiger partial charge in [-0.15, -0.1) is 0 Å². The summed E-state index contributed by atoms with van der Waals surface area (Å²) < 4.78 is 4.95. The van der Waals surface area contributed by atoms with E-state index >= 15 is 0 Å². The molecule has 0 aliphatic heterocycles. The van der Waals surface area contributed by atoms with Gasteiger partial charge in [-0.25, -0.2) is 4.98 Å². The first-order valence-electron chi connectivity index (χ1n) is 6.94. The predicted octanol–water partition coefficient (Wildman–Crippen LogP) is 1.09. The van der Waals surface area contributed by atoms with Gasteiger partial charge in [0.25, 0.3) is 5.91 Å². The highest BCUT2D eigenvalue weighted by molar-refractivity contribution is 5.92. The lowest BCUT2D eigenvalue weighted by Crippen LogP contribution is -2.45. The molecule has 0 bridgehead atoms. The fourth-order valence-electron chi connectivity index (χ4n) is 2.01. The number of carbonyl (C=O) groups excluding carboxylic acids is 1. The summed E-state index contributed by atoms with van der Waals surface area (Å²) in [5.41, 5.74) is 1.92. The maximum Gasteiger partial charge on any atom is 0.271 e. The van der Waals surface area contributed by atoms with Crippen molar-refractivity contribution in [3.05, 3.63) is 59.7 Å². The van der Waals surface area contributed by atoms with Crippen LogP contribution in [0.2, 0.25) is 0 Å². The summed E-state index contributed by atoms with van der Waals surface area (Å²) in [6, 6.07) is 8.98. The summed E-state index contributed by atoms with van der Waals surface area (Å²) >= 11 is 0. The van der Waals surface area contributed by atoms with Crippen LogP contribution in [-0.2, 0) is 11.2 Å². The minimum absolute atomic E-state index is 0.201. The van der Waals surface area contributed by atoms with E-state index in [1.807, 2.05) is 30.3 Å². The van der Waals surface area contributed by atoms with Crippen molar-refractivity contribution in [1.82, 2.24) is 15.3 Å². The molecule has 1 amide bonds. The Labute approximate surface area is 129 Å². The third kappa shape index (κ3) is 4.34.